The second kappa shape index (κ2) is 7.09. The Hall–Kier alpha value is -1.33. The molecule has 5 nitrogen and oxygen atoms in total. The Balaban J connectivity index is 1.88. The molecule has 0 spiro atoms. The van der Waals surface area contributed by atoms with Gasteiger partial charge in [-0.3, -0.25) is 0 Å². The van der Waals surface area contributed by atoms with E-state index in [2.05, 4.69) is 23.9 Å². The average Bonchev–Trinajstić information content (AvgIpc) is 3.01. The minimum atomic E-state index is -0.368. The van der Waals surface area contributed by atoms with Crippen LogP contribution in [-0.2, 0) is 16.0 Å². The van der Waals surface area contributed by atoms with Crippen LogP contribution in [0.25, 0.3) is 0 Å². The minimum Gasteiger partial charge on any atom is -0.467 e. The molecule has 1 fully saturated rings. The molecule has 2 heterocycles. The Morgan fingerprint density at radius 3 is 2.90 bits per heavy atom. The molecule has 0 saturated carbocycles. The number of rotatable bonds is 6. The molecule has 5 heteroatoms. The highest BCUT2D eigenvalue weighted by Gasteiger charge is 2.34. The Bertz CT molecular complexity index is 465. The highest BCUT2D eigenvalue weighted by Crippen LogP contribution is 2.31. The van der Waals surface area contributed by atoms with E-state index in [1.54, 1.807) is 6.07 Å². The first-order chi connectivity index (χ1) is 10.1. The molecule has 1 aromatic heterocycles. The smallest absolute Gasteiger partial charge is 0.341 e. The molecule has 1 N–H and O–H groups in total. The molecule has 1 atom stereocenters. The van der Waals surface area contributed by atoms with Crippen LogP contribution in [0.5, 0.6) is 0 Å². The Kier molecular flexibility index (Phi) is 5.42. The normalized spacial score (nSPS) is 21.2. The highest BCUT2D eigenvalue weighted by atomic mass is 16.5. The molecular weight excluding hydrogens is 270 g/mol. The van der Waals surface area contributed by atoms with Gasteiger partial charge < -0.3 is 19.2 Å². The van der Waals surface area contributed by atoms with E-state index < -0.39 is 0 Å². The molecule has 0 radical (unpaired) electrons. The third-order valence-electron chi connectivity index (χ3n) is 4.42. The number of methoxy groups -OCH3 is 1. The van der Waals surface area contributed by atoms with Crippen LogP contribution in [0.1, 0.15) is 55.6 Å². The molecule has 1 saturated heterocycles. The zero-order chi connectivity index (χ0) is 15.3. The monoisotopic (exact) mass is 295 g/mol. The Labute approximate surface area is 126 Å². The van der Waals surface area contributed by atoms with Crippen molar-refractivity contribution in [2.45, 2.75) is 57.7 Å². The van der Waals surface area contributed by atoms with E-state index in [1.165, 1.54) is 13.4 Å². The average molecular weight is 295 g/mol. The molecule has 118 valence electrons. The van der Waals surface area contributed by atoms with Crippen LogP contribution in [-0.4, -0.2) is 31.3 Å². The number of hydrogen-bond donors (Lipinski definition) is 1. The lowest BCUT2D eigenvalue weighted by atomic mass is 9.86. The van der Waals surface area contributed by atoms with E-state index in [-0.39, 0.29) is 11.6 Å². The van der Waals surface area contributed by atoms with Crippen molar-refractivity contribution in [3.05, 3.63) is 23.7 Å². The topological polar surface area (TPSA) is 60.7 Å². The summed E-state index contributed by atoms with van der Waals surface area (Å²) in [5, 5.41) is 3.51. The number of ether oxygens (including phenoxy) is 2. The fourth-order valence-electron chi connectivity index (χ4n) is 2.89. The van der Waals surface area contributed by atoms with Crippen molar-refractivity contribution in [3.8, 4) is 0 Å². The summed E-state index contributed by atoms with van der Waals surface area (Å²) in [7, 11) is 1.37. The van der Waals surface area contributed by atoms with Gasteiger partial charge >= 0.3 is 5.97 Å². The van der Waals surface area contributed by atoms with E-state index in [1.807, 2.05) is 0 Å². The Morgan fingerprint density at radius 1 is 1.48 bits per heavy atom. The molecule has 1 aromatic rings. The van der Waals surface area contributed by atoms with Crippen molar-refractivity contribution in [2.75, 3.05) is 13.7 Å². The zero-order valence-electron chi connectivity index (χ0n) is 13.1. The maximum atomic E-state index is 11.4. The standard InChI is InChI=1S/C16H25NO4/c1-4-16(5-2)9-13(6-7-21-16)17-10-14-8-12(11-20-14)15(18)19-3/h8,11,13,17H,4-7,9-10H2,1-3H3. The maximum absolute atomic E-state index is 11.4. The van der Waals surface area contributed by atoms with Crippen molar-refractivity contribution in [3.63, 3.8) is 0 Å². The van der Waals surface area contributed by atoms with Crippen LogP contribution in [0.3, 0.4) is 0 Å². The lowest BCUT2D eigenvalue weighted by Crippen LogP contribution is -2.46. The van der Waals surface area contributed by atoms with Crippen molar-refractivity contribution < 1.29 is 18.7 Å². The fourth-order valence-corrected chi connectivity index (χ4v) is 2.89. The minimum absolute atomic E-state index is 0.0102. The first-order valence-electron chi connectivity index (χ1n) is 7.65. The lowest BCUT2D eigenvalue weighted by molar-refractivity contribution is -0.0933. The van der Waals surface area contributed by atoms with Gasteiger partial charge in [0.15, 0.2) is 0 Å². The van der Waals surface area contributed by atoms with Crippen molar-refractivity contribution in [1.82, 2.24) is 5.32 Å². The quantitative estimate of drug-likeness (QED) is 0.818. The second-order valence-corrected chi connectivity index (χ2v) is 5.60. The van der Waals surface area contributed by atoms with Crippen molar-refractivity contribution in [2.24, 2.45) is 0 Å². The number of furan rings is 1. The SMILES string of the molecule is CCC1(CC)CC(NCc2cc(C(=O)OC)co2)CCO1. The van der Waals surface area contributed by atoms with Crippen molar-refractivity contribution in [1.29, 1.82) is 0 Å². The summed E-state index contributed by atoms with van der Waals surface area (Å²) >= 11 is 0. The van der Waals surface area contributed by atoms with E-state index in [0.717, 1.165) is 38.1 Å². The van der Waals surface area contributed by atoms with Gasteiger partial charge in [-0.2, -0.15) is 0 Å². The van der Waals surface area contributed by atoms with Gasteiger partial charge in [0.1, 0.15) is 12.0 Å². The highest BCUT2D eigenvalue weighted by molar-refractivity contribution is 5.88. The molecule has 21 heavy (non-hydrogen) atoms. The van der Waals surface area contributed by atoms with Gasteiger partial charge in [-0.15, -0.1) is 0 Å². The number of carbonyl (C=O) groups excluding carboxylic acids is 1. The summed E-state index contributed by atoms with van der Waals surface area (Å²) in [5.74, 6) is 0.382. The van der Waals surface area contributed by atoms with Gasteiger partial charge in [0.25, 0.3) is 0 Å². The first-order valence-corrected chi connectivity index (χ1v) is 7.65. The third kappa shape index (κ3) is 3.86. The lowest BCUT2D eigenvalue weighted by Gasteiger charge is -2.40. The number of esters is 1. The molecule has 0 aromatic carbocycles. The van der Waals surface area contributed by atoms with E-state index in [0.29, 0.717) is 18.2 Å². The largest absolute Gasteiger partial charge is 0.467 e. The molecule has 0 aliphatic carbocycles. The molecule has 2 rings (SSSR count). The molecular formula is C16H25NO4. The van der Waals surface area contributed by atoms with Crippen LogP contribution in [0.2, 0.25) is 0 Å². The molecule has 1 aliphatic rings. The number of carbonyl (C=O) groups is 1. The van der Waals surface area contributed by atoms with Crippen LogP contribution < -0.4 is 5.32 Å². The molecule has 1 aliphatic heterocycles. The van der Waals surface area contributed by atoms with Crippen LogP contribution in [0, 0.1) is 0 Å². The summed E-state index contributed by atoms with van der Waals surface area (Å²) in [4.78, 5) is 11.4. The maximum Gasteiger partial charge on any atom is 0.341 e. The summed E-state index contributed by atoms with van der Waals surface area (Å²) in [5.41, 5.74) is 0.466. The predicted octanol–water partition coefficient (Wildman–Crippen LogP) is 2.89. The van der Waals surface area contributed by atoms with Gasteiger partial charge in [0.05, 0.1) is 24.8 Å². The van der Waals surface area contributed by atoms with Crippen LogP contribution in [0.15, 0.2) is 16.7 Å². The second-order valence-electron chi connectivity index (χ2n) is 5.60. The zero-order valence-corrected chi connectivity index (χ0v) is 13.1. The third-order valence-corrected chi connectivity index (χ3v) is 4.42. The van der Waals surface area contributed by atoms with Gasteiger partial charge in [-0.05, 0) is 31.7 Å². The fraction of sp³-hybridized carbons (Fsp3) is 0.688. The Morgan fingerprint density at radius 2 is 2.24 bits per heavy atom. The van der Waals surface area contributed by atoms with Crippen LogP contribution in [0.4, 0.5) is 0 Å². The summed E-state index contributed by atoms with van der Waals surface area (Å²) in [6, 6.07) is 2.15. The van der Waals surface area contributed by atoms with Crippen molar-refractivity contribution >= 4 is 5.97 Å². The number of nitrogens with one attached hydrogen (secondary N) is 1. The molecule has 0 amide bonds. The van der Waals surface area contributed by atoms with Gasteiger partial charge in [-0.25, -0.2) is 4.79 Å². The number of hydrogen-bond acceptors (Lipinski definition) is 5. The van der Waals surface area contributed by atoms with E-state index >= 15 is 0 Å². The predicted molar refractivity (Wildman–Crippen MR) is 79.2 cm³/mol. The first kappa shape index (κ1) is 16.0. The molecule has 0 bridgehead atoms. The van der Waals surface area contributed by atoms with Crippen LogP contribution >= 0.6 is 0 Å². The van der Waals surface area contributed by atoms with E-state index in [9.17, 15) is 4.79 Å². The summed E-state index contributed by atoms with van der Waals surface area (Å²) in [6.45, 7) is 5.78. The molecule has 1 unspecified atom stereocenters. The van der Waals surface area contributed by atoms with Gasteiger partial charge in [-0.1, -0.05) is 13.8 Å². The summed E-state index contributed by atoms with van der Waals surface area (Å²) < 4.78 is 16.0. The summed E-state index contributed by atoms with van der Waals surface area (Å²) in [6.07, 6.45) is 5.54. The van der Waals surface area contributed by atoms with E-state index in [4.69, 9.17) is 9.15 Å². The van der Waals surface area contributed by atoms with Gasteiger partial charge in [0, 0.05) is 12.6 Å². The van der Waals surface area contributed by atoms with Gasteiger partial charge in [0.2, 0.25) is 0 Å².